The van der Waals surface area contributed by atoms with E-state index in [0.29, 0.717) is 18.0 Å². The summed E-state index contributed by atoms with van der Waals surface area (Å²) in [5.74, 6) is 0.674. The number of benzene rings is 1. The van der Waals surface area contributed by atoms with Crippen LogP contribution in [0.2, 0.25) is 0 Å². The summed E-state index contributed by atoms with van der Waals surface area (Å²) in [5, 5.41) is 17.6. The molecule has 1 unspecified atom stereocenters. The molecule has 132 valence electrons. The molecule has 2 N–H and O–H groups in total. The van der Waals surface area contributed by atoms with E-state index in [1.165, 1.54) is 12.1 Å². The number of aromatic nitrogens is 2. The second-order valence-electron chi connectivity index (χ2n) is 5.29. The molecule has 0 aliphatic heterocycles. The normalized spacial score (nSPS) is 12.5. The maximum Gasteiger partial charge on any atom is 0.387 e. The fourth-order valence-corrected chi connectivity index (χ4v) is 2.49. The van der Waals surface area contributed by atoms with Crippen LogP contribution in [0, 0.1) is 6.92 Å². The molecule has 1 heterocycles. The van der Waals surface area contributed by atoms with Gasteiger partial charge in [0.2, 0.25) is 5.88 Å². The number of nitrogens with zero attached hydrogens (tertiary/aromatic N) is 2. The molecule has 8 heteroatoms. The molecular weight excluding hydrogens is 320 g/mol. The second-order valence-corrected chi connectivity index (χ2v) is 5.29. The van der Waals surface area contributed by atoms with E-state index in [0.717, 1.165) is 11.3 Å². The number of hydrogen-bond donors (Lipinski definition) is 2. The third-order valence-electron chi connectivity index (χ3n) is 3.59. The van der Waals surface area contributed by atoms with Gasteiger partial charge in [-0.3, -0.25) is 0 Å². The van der Waals surface area contributed by atoms with Gasteiger partial charge in [0, 0.05) is 20.1 Å². The molecule has 24 heavy (non-hydrogen) atoms. The highest BCUT2D eigenvalue weighted by atomic mass is 19.3. The largest absolute Gasteiger partial charge is 0.481 e. The average Bonchev–Trinajstić information content (AvgIpc) is 2.80. The molecule has 0 amide bonds. The lowest BCUT2D eigenvalue weighted by Crippen LogP contribution is -2.21. The first-order valence-electron chi connectivity index (χ1n) is 7.42. The van der Waals surface area contributed by atoms with Gasteiger partial charge in [-0.15, -0.1) is 0 Å². The van der Waals surface area contributed by atoms with Crippen LogP contribution in [0.15, 0.2) is 24.3 Å². The lowest BCUT2D eigenvalue weighted by atomic mass is 10.1. The minimum absolute atomic E-state index is 0.0197. The number of aliphatic hydroxyl groups is 1. The summed E-state index contributed by atoms with van der Waals surface area (Å²) >= 11 is 0. The Bertz CT molecular complexity index is 677. The molecule has 0 bridgehead atoms. The summed E-state index contributed by atoms with van der Waals surface area (Å²) < 4.78 is 35.8. The number of aryl methyl sites for hydroxylation is 2. The molecule has 1 aromatic carbocycles. The summed E-state index contributed by atoms with van der Waals surface area (Å²) in [6, 6.07) is 6.03. The maximum atomic E-state index is 12.2. The zero-order valence-electron chi connectivity index (χ0n) is 13.8. The van der Waals surface area contributed by atoms with Crippen LogP contribution in [-0.2, 0) is 13.6 Å². The average molecular weight is 341 g/mol. The Balaban J connectivity index is 1.95. The first-order valence-corrected chi connectivity index (χ1v) is 7.42. The zero-order valence-corrected chi connectivity index (χ0v) is 13.8. The zero-order chi connectivity index (χ0) is 17.7. The predicted octanol–water partition coefficient (Wildman–Crippen LogP) is 2.16. The number of methoxy groups -OCH3 is 1. The molecule has 0 spiro atoms. The minimum Gasteiger partial charge on any atom is -0.481 e. The maximum absolute atomic E-state index is 12.2. The van der Waals surface area contributed by atoms with Crippen LogP contribution in [0.5, 0.6) is 11.6 Å². The van der Waals surface area contributed by atoms with E-state index in [-0.39, 0.29) is 12.3 Å². The summed E-state index contributed by atoms with van der Waals surface area (Å²) in [5.41, 5.74) is 2.24. The van der Waals surface area contributed by atoms with Crippen molar-refractivity contribution in [3.63, 3.8) is 0 Å². The number of halogens is 2. The van der Waals surface area contributed by atoms with Crippen LogP contribution in [0.4, 0.5) is 8.78 Å². The van der Waals surface area contributed by atoms with Crippen molar-refractivity contribution in [2.75, 3.05) is 13.7 Å². The highest BCUT2D eigenvalue weighted by Gasteiger charge is 2.15. The van der Waals surface area contributed by atoms with E-state index in [2.05, 4.69) is 15.2 Å². The number of alkyl halides is 2. The van der Waals surface area contributed by atoms with E-state index in [1.807, 2.05) is 6.92 Å². The Morgan fingerprint density at radius 3 is 2.79 bits per heavy atom. The highest BCUT2D eigenvalue weighted by molar-refractivity contribution is 5.31. The molecule has 0 aliphatic carbocycles. The van der Waals surface area contributed by atoms with Gasteiger partial charge < -0.3 is 19.9 Å². The van der Waals surface area contributed by atoms with E-state index < -0.39 is 12.7 Å². The SMILES string of the molecule is COc1c(CNCC(O)c2cccc(OC(F)F)c2)c(C)nn1C. The van der Waals surface area contributed by atoms with Gasteiger partial charge in [-0.05, 0) is 24.6 Å². The van der Waals surface area contributed by atoms with Gasteiger partial charge in [0.25, 0.3) is 0 Å². The van der Waals surface area contributed by atoms with Crippen LogP contribution in [0.3, 0.4) is 0 Å². The molecular formula is C16H21F2N3O3. The van der Waals surface area contributed by atoms with E-state index >= 15 is 0 Å². The van der Waals surface area contributed by atoms with Crippen molar-refractivity contribution in [3.8, 4) is 11.6 Å². The third kappa shape index (κ3) is 4.42. The monoisotopic (exact) mass is 341 g/mol. The molecule has 1 aromatic heterocycles. The van der Waals surface area contributed by atoms with Crippen molar-refractivity contribution in [2.45, 2.75) is 26.2 Å². The number of ether oxygens (including phenoxy) is 2. The lowest BCUT2D eigenvalue weighted by Gasteiger charge is -2.14. The van der Waals surface area contributed by atoms with Gasteiger partial charge >= 0.3 is 6.61 Å². The van der Waals surface area contributed by atoms with Crippen LogP contribution in [-0.4, -0.2) is 35.2 Å². The Morgan fingerprint density at radius 2 is 2.12 bits per heavy atom. The molecule has 2 rings (SSSR count). The minimum atomic E-state index is -2.89. The Kier molecular flexibility index (Phi) is 6.10. The van der Waals surface area contributed by atoms with Crippen molar-refractivity contribution in [3.05, 3.63) is 41.1 Å². The topological polar surface area (TPSA) is 68.5 Å². The quantitative estimate of drug-likeness (QED) is 0.770. The summed E-state index contributed by atoms with van der Waals surface area (Å²) in [4.78, 5) is 0. The summed E-state index contributed by atoms with van der Waals surface area (Å²) in [6.45, 7) is -0.305. The van der Waals surface area contributed by atoms with Crippen molar-refractivity contribution in [1.29, 1.82) is 0 Å². The fraction of sp³-hybridized carbons (Fsp3) is 0.438. The standard InChI is InChI=1S/C16H21F2N3O3/c1-10-13(15(23-3)21(2)20-10)8-19-9-14(22)11-5-4-6-12(7-11)24-16(17)18/h4-7,14,16,19,22H,8-9H2,1-3H3. The number of aliphatic hydroxyl groups excluding tert-OH is 1. The molecule has 0 radical (unpaired) electrons. The van der Waals surface area contributed by atoms with Crippen LogP contribution in [0.1, 0.15) is 22.9 Å². The molecule has 0 aliphatic rings. The first kappa shape index (κ1) is 18.2. The molecule has 6 nitrogen and oxygen atoms in total. The Labute approximate surface area is 139 Å². The third-order valence-corrected chi connectivity index (χ3v) is 3.59. The number of rotatable bonds is 8. The van der Waals surface area contributed by atoms with Crippen LogP contribution >= 0.6 is 0 Å². The van der Waals surface area contributed by atoms with Gasteiger partial charge in [-0.2, -0.15) is 13.9 Å². The van der Waals surface area contributed by atoms with Gasteiger partial charge in [-0.25, -0.2) is 4.68 Å². The first-order chi connectivity index (χ1) is 11.4. The summed E-state index contributed by atoms with van der Waals surface area (Å²) in [7, 11) is 3.36. The van der Waals surface area contributed by atoms with E-state index in [1.54, 1.807) is 31.0 Å². The number of hydrogen-bond acceptors (Lipinski definition) is 5. The number of nitrogens with one attached hydrogen (secondary N) is 1. The van der Waals surface area contributed by atoms with Crippen molar-refractivity contribution >= 4 is 0 Å². The van der Waals surface area contributed by atoms with Crippen LogP contribution < -0.4 is 14.8 Å². The molecule has 1 atom stereocenters. The van der Waals surface area contributed by atoms with Crippen molar-refractivity contribution < 1.29 is 23.4 Å². The lowest BCUT2D eigenvalue weighted by molar-refractivity contribution is -0.0499. The molecule has 2 aromatic rings. The molecule has 0 fully saturated rings. The van der Waals surface area contributed by atoms with Gasteiger partial charge in [-0.1, -0.05) is 12.1 Å². The smallest absolute Gasteiger partial charge is 0.387 e. The second kappa shape index (κ2) is 8.07. The van der Waals surface area contributed by atoms with Gasteiger partial charge in [0.15, 0.2) is 0 Å². The molecule has 0 saturated heterocycles. The van der Waals surface area contributed by atoms with Gasteiger partial charge in [0.05, 0.1) is 24.5 Å². The predicted molar refractivity (Wildman–Crippen MR) is 84.2 cm³/mol. The van der Waals surface area contributed by atoms with Crippen molar-refractivity contribution in [2.24, 2.45) is 7.05 Å². The fourth-order valence-electron chi connectivity index (χ4n) is 2.49. The Hall–Kier alpha value is -2.19. The van der Waals surface area contributed by atoms with E-state index in [4.69, 9.17) is 4.74 Å². The summed E-state index contributed by atoms with van der Waals surface area (Å²) in [6.07, 6.45) is -0.853. The van der Waals surface area contributed by atoms with Crippen molar-refractivity contribution in [1.82, 2.24) is 15.1 Å². The highest BCUT2D eigenvalue weighted by Crippen LogP contribution is 2.22. The van der Waals surface area contributed by atoms with E-state index in [9.17, 15) is 13.9 Å². The molecule has 0 saturated carbocycles. The van der Waals surface area contributed by atoms with Crippen LogP contribution in [0.25, 0.3) is 0 Å². The Morgan fingerprint density at radius 1 is 1.38 bits per heavy atom. The van der Waals surface area contributed by atoms with Gasteiger partial charge in [0.1, 0.15) is 5.75 Å².